The lowest BCUT2D eigenvalue weighted by atomic mass is 9.99. The van der Waals surface area contributed by atoms with Crippen molar-refractivity contribution in [1.29, 1.82) is 0 Å². The molecule has 0 radical (unpaired) electrons. The Labute approximate surface area is 556 Å². The second-order valence-electron chi connectivity index (χ2n) is 27.8. The van der Waals surface area contributed by atoms with Gasteiger partial charge in [-0.3, -0.25) is 9.59 Å². The molecule has 0 aromatic carbocycles. The summed E-state index contributed by atoms with van der Waals surface area (Å²) in [5.74, 6) is -1.17. The molecule has 0 aromatic rings. The highest BCUT2D eigenvalue weighted by atomic mass is 16.7. The normalized spacial score (nSPS) is 18.1. The number of ether oxygens (including phenoxy) is 3. The number of hydrogen-bond acceptors (Lipinski definition) is 10. The molecule has 8 atom stereocenters. The van der Waals surface area contributed by atoms with E-state index in [4.69, 9.17) is 14.2 Å². The minimum Gasteiger partial charge on any atom is -0.454 e. The van der Waals surface area contributed by atoms with Crippen LogP contribution < -0.4 is 5.32 Å². The van der Waals surface area contributed by atoms with Gasteiger partial charge in [0.1, 0.15) is 24.4 Å². The van der Waals surface area contributed by atoms with Gasteiger partial charge in [-0.25, -0.2) is 0 Å². The number of rotatable bonds is 70. The Morgan fingerprint density at radius 2 is 0.733 bits per heavy atom. The van der Waals surface area contributed by atoms with E-state index in [0.29, 0.717) is 19.3 Å². The zero-order valence-electron chi connectivity index (χ0n) is 59.5. The average Bonchev–Trinajstić information content (AvgIpc) is 3.71. The lowest BCUT2D eigenvalue weighted by Crippen LogP contribution is -2.61. The van der Waals surface area contributed by atoms with Gasteiger partial charge >= 0.3 is 5.97 Å². The molecule has 0 aliphatic carbocycles. The van der Waals surface area contributed by atoms with E-state index in [1.165, 1.54) is 302 Å². The first-order valence-corrected chi connectivity index (χ1v) is 39.6. The molecule has 1 rings (SSSR count). The second kappa shape index (κ2) is 67.1. The largest absolute Gasteiger partial charge is 0.454 e. The molecule has 0 spiro atoms. The Bertz CT molecular complexity index is 1560. The number of allylic oxidation sites excluding steroid dienone is 3. The van der Waals surface area contributed by atoms with Gasteiger partial charge in [-0.1, -0.05) is 373 Å². The lowest BCUT2D eigenvalue weighted by molar-refractivity contribution is -0.305. The molecule has 8 unspecified atom stereocenters. The number of aliphatic hydroxyl groups excluding tert-OH is 5. The predicted molar refractivity (Wildman–Crippen MR) is 380 cm³/mol. The zero-order chi connectivity index (χ0) is 65.3. The topological polar surface area (TPSA) is 175 Å². The van der Waals surface area contributed by atoms with E-state index in [0.717, 1.165) is 57.8 Å². The Morgan fingerprint density at radius 1 is 0.422 bits per heavy atom. The van der Waals surface area contributed by atoms with Gasteiger partial charge in [-0.2, -0.15) is 0 Å². The van der Waals surface area contributed by atoms with Crippen LogP contribution in [0, 0.1) is 0 Å². The summed E-state index contributed by atoms with van der Waals surface area (Å²) in [6, 6.07) is -1.02. The number of carbonyl (C=O) groups excluding carboxylic acids is 2. The molecule has 1 heterocycles. The van der Waals surface area contributed by atoms with Crippen molar-refractivity contribution in [1.82, 2.24) is 5.32 Å². The summed E-state index contributed by atoms with van der Waals surface area (Å²) < 4.78 is 17.8. The van der Waals surface area contributed by atoms with Gasteiger partial charge in [-0.05, 0) is 51.4 Å². The van der Waals surface area contributed by atoms with Crippen molar-refractivity contribution in [3.63, 3.8) is 0 Å². The van der Waals surface area contributed by atoms with Crippen molar-refractivity contribution < 1.29 is 49.3 Å². The predicted octanol–water partition coefficient (Wildman–Crippen LogP) is 21.1. The third-order valence-electron chi connectivity index (χ3n) is 19.1. The van der Waals surface area contributed by atoms with E-state index in [-0.39, 0.29) is 13.0 Å². The Morgan fingerprint density at radius 3 is 1.08 bits per heavy atom. The summed E-state index contributed by atoms with van der Waals surface area (Å²) in [4.78, 5) is 26.8. The van der Waals surface area contributed by atoms with Crippen LogP contribution in [0.25, 0.3) is 0 Å². The van der Waals surface area contributed by atoms with E-state index in [1.807, 2.05) is 6.08 Å². The van der Waals surface area contributed by atoms with Crippen LogP contribution in [0.5, 0.6) is 0 Å². The van der Waals surface area contributed by atoms with Gasteiger partial charge in [0.25, 0.3) is 0 Å². The van der Waals surface area contributed by atoms with E-state index in [9.17, 15) is 35.1 Å². The van der Waals surface area contributed by atoms with Crippen LogP contribution in [0.15, 0.2) is 24.3 Å². The van der Waals surface area contributed by atoms with E-state index >= 15 is 0 Å². The Hall–Kier alpha value is -1.86. The summed E-state index contributed by atoms with van der Waals surface area (Å²) in [5, 5.41) is 57.4. The number of hydrogen-bond donors (Lipinski definition) is 6. The molecule has 11 heteroatoms. The monoisotopic (exact) mass is 1270 g/mol. The third kappa shape index (κ3) is 53.4. The fraction of sp³-hybridized carbons (Fsp3) is 0.924. The SMILES string of the molecule is CCCCCCCC/C=C/CCCCCCCCCCCCCCCCCCCC(=O)OC1C(OCC(NC(=O)C(O)CCCCCCCCCCCCCCCCCCCCCCCC)C(O)/C=C/CCCCCCCCCCCC)OC(CO)C(O)C1O. The summed E-state index contributed by atoms with van der Waals surface area (Å²) in [7, 11) is 0. The number of nitrogens with one attached hydrogen (secondary N) is 1. The maximum absolute atomic E-state index is 13.5. The Balaban J connectivity index is 2.48. The van der Waals surface area contributed by atoms with Gasteiger partial charge in [0.2, 0.25) is 5.91 Å². The van der Waals surface area contributed by atoms with Crippen LogP contribution in [-0.4, -0.2) is 99.6 Å². The lowest BCUT2D eigenvalue weighted by Gasteiger charge is -2.41. The number of aliphatic hydroxyl groups is 5. The molecule has 1 saturated heterocycles. The smallest absolute Gasteiger partial charge is 0.306 e. The summed E-state index contributed by atoms with van der Waals surface area (Å²) in [6.07, 6.45) is 72.4. The fourth-order valence-electron chi connectivity index (χ4n) is 12.9. The summed E-state index contributed by atoms with van der Waals surface area (Å²) in [5.41, 5.74) is 0. The standard InChI is InChI=1S/C79H151NO10/c1-4-7-10-13-16-19-22-25-27-29-31-33-35-36-37-38-39-41-43-45-47-49-52-55-58-61-64-67-74(84)90-77-76(86)75(85)73(68-81)89-79(77)88-69-70(71(82)65-62-59-56-53-50-24-21-18-15-12-9-6-3)80-78(87)72(83)66-63-60-57-54-51-48-46-44-42-40-34-32-30-28-26-23-20-17-14-11-8-5-2/h25,27,62,65,70-73,75-77,79,81-83,85-86H,4-24,26,28-61,63-64,66-69H2,1-3H3,(H,80,87)/b27-25+,65-62+. The van der Waals surface area contributed by atoms with Crippen LogP contribution >= 0.6 is 0 Å². The molecule has 0 saturated carbocycles. The van der Waals surface area contributed by atoms with Crippen molar-refractivity contribution in [3.8, 4) is 0 Å². The molecule has 1 aliphatic heterocycles. The van der Waals surface area contributed by atoms with Crippen molar-refractivity contribution >= 4 is 11.9 Å². The van der Waals surface area contributed by atoms with E-state index < -0.39 is 67.4 Å². The van der Waals surface area contributed by atoms with Gasteiger partial charge in [-0.15, -0.1) is 0 Å². The van der Waals surface area contributed by atoms with Crippen LogP contribution in [0.3, 0.4) is 0 Å². The quantitative estimate of drug-likeness (QED) is 0.0195. The van der Waals surface area contributed by atoms with Gasteiger partial charge in [0.15, 0.2) is 12.4 Å². The molecule has 1 fully saturated rings. The molecule has 0 aromatic heterocycles. The van der Waals surface area contributed by atoms with E-state index in [1.54, 1.807) is 6.08 Å². The highest BCUT2D eigenvalue weighted by molar-refractivity contribution is 5.80. The van der Waals surface area contributed by atoms with Crippen LogP contribution in [-0.2, 0) is 23.8 Å². The molecule has 1 aliphatic rings. The maximum Gasteiger partial charge on any atom is 0.306 e. The highest BCUT2D eigenvalue weighted by Crippen LogP contribution is 2.27. The highest BCUT2D eigenvalue weighted by Gasteiger charge is 2.47. The fourth-order valence-corrected chi connectivity index (χ4v) is 12.9. The Kier molecular flexibility index (Phi) is 64.3. The first-order valence-electron chi connectivity index (χ1n) is 39.6. The van der Waals surface area contributed by atoms with Crippen LogP contribution in [0.2, 0.25) is 0 Å². The number of amides is 1. The molecule has 532 valence electrons. The van der Waals surface area contributed by atoms with E-state index in [2.05, 4.69) is 38.2 Å². The van der Waals surface area contributed by atoms with Gasteiger partial charge < -0.3 is 45.1 Å². The number of esters is 1. The van der Waals surface area contributed by atoms with Crippen molar-refractivity contribution in [2.24, 2.45) is 0 Å². The van der Waals surface area contributed by atoms with Crippen molar-refractivity contribution in [2.45, 2.75) is 455 Å². The molecular formula is C79H151NO10. The minimum atomic E-state index is -1.61. The first kappa shape index (κ1) is 86.2. The zero-order valence-corrected chi connectivity index (χ0v) is 59.5. The molecular weight excluding hydrogens is 1120 g/mol. The summed E-state index contributed by atoms with van der Waals surface area (Å²) >= 11 is 0. The minimum absolute atomic E-state index is 0.130. The maximum atomic E-state index is 13.5. The average molecular weight is 1280 g/mol. The number of unbranched alkanes of at least 4 members (excludes halogenated alkanes) is 54. The van der Waals surface area contributed by atoms with Gasteiger partial charge in [0.05, 0.1) is 25.4 Å². The first-order chi connectivity index (χ1) is 44.2. The van der Waals surface area contributed by atoms with Crippen molar-refractivity contribution in [3.05, 3.63) is 24.3 Å². The molecule has 11 nitrogen and oxygen atoms in total. The third-order valence-corrected chi connectivity index (χ3v) is 19.1. The summed E-state index contributed by atoms with van der Waals surface area (Å²) in [6.45, 7) is 5.87. The van der Waals surface area contributed by atoms with Gasteiger partial charge in [0, 0.05) is 6.42 Å². The molecule has 6 N–H and O–H groups in total. The molecule has 90 heavy (non-hydrogen) atoms. The molecule has 1 amide bonds. The second-order valence-corrected chi connectivity index (χ2v) is 27.8. The number of carbonyl (C=O) groups is 2. The molecule has 0 bridgehead atoms. The van der Waals surface area contributed by atoms with Crippen molar-refractivity contribution in [2.75, 3.05) is 13.2 Å². The van der Waals surface area contributed by atoms with Crippen LogP contribution in [0.4, 0.5) is 0 Å². The van der Waals surface area contributed by atoms with Crippen LogP contribution in [0.1, 0.15) is 406 Å².